The molecule has 0 aromatic carbocycles. The van der Waals surface area contributed by atoms with Crippen LogP contribution >= 0.6 is 0 Å². The highest BCUT2D eigenvalue weighted by Crippen LogP contribution is 2.17. The molecule has 1 amide bonds. The monoisotopic (exact) mass is 235 g/mol. The van der Waals surface area contributed by atoms with Crippen molar-refractivity contribution in [2.75, 3.05) is 7.05 Å². The van der Waals surface area contributed by atoms with E-state index in [1.165, 1.54) is 0 Å². The Bertz CT molecular complexity index is 364. The van der Waals surface area contributed by atoms with Gasteiger partial charge in [-0.3, -0.25) is 9.78 Å². The fraction of sp³-hybridized carbons (Fsp3) is 0.538. The zero-order valence-electron chi connectivity index (χ0n) is 10.9. The van der Waals surface area contributed by atoms with E-state index < -0.39 is 6.04 Å². The van der Waals surface area contributed by atoms with Gasteiger partial charge in [0.15, 0.2) is 0 Å². The van der Waals surface area contributed by atoms with Gasteiger partial charge in [-0.2, -0.15) is 0 Å². The highest BCUT2D eigenvalue weighted by molar-refractivity contribution is 5.82. The first-order chi connectivity index (χ1) is 7.95. The van der Waals surface area contributed by atoms with Crippen LogP contribution < -0.4 is 5.73 Å². The molecule has 0 bridgehead atoms. The lowest BCUT2D eigenvalue weighted by Gasteiger charge is -2.28. The molecule has 1 rings (SSSR count). The fourth-order valence-corrected chi connectivity index (χ4v) is 1.53. The Morgan fingerprint density at radius 2 is 2.00 bits per heavy atom. The van der Waals surface area contributed by atoms with Gasteiger partial charge in [0.1, 0.15) is 0 Å². The molecule has 0 saturated carbocycles. The van der Waals surface area contributed by atoms with E-state index in [0.717, 1.165) is 5.69 Å². The third kappa shape index (κ3) is 3.27. The van der Waals surface area contributed by atoms with Gasteiger partial charge in [0.2, 0.25) is 5.91 Å². The molecule has 0 aliphatic carbocycles. The number of nitrogens with two attached hydrogens (primary N) is 1. The van der Waals surface area contributed by atoms with Crippen LogP contribution in [-0.2, 0) is 4.79 Å². The van der Waals surface area contributed by atoms with Gasteiger partial charge in [0, 0.05) is 13.2 Å². The van der Waals surface area contributed by atoms with Crippen molar-refractivity contribution in [3.05, 3.63) is 30.1 Å². The molecule has 17 heavy (non-hydrogen) atoms. The molecule has 0 aliphatic rings. The largest absolute Gasteiger partial charge is 0.336 e. The Hall–Kier alpha value is -1.42. The molecule has 1 unspecified atom stereocenters. The van der Waals surface area contributed by atoms with E-state index in [1.54, 1.807) is 18.1 Å². The van der Waals surface area contributed by atoms with Crippen LogP contribution in [0.5, 0.6) is 0 Å². The maximum atomic E-state index is 12.1. The second kappa shape index (κ2) is 5.77. The van der Waals surface area contributed by atoms with Crippen LogP contribution in [0.25, 0.3) is 0 Å². The predicted molar refractivity (Wildman–Crippen MR) is 68.2 cm³/mol. The van der Waals surface area contributed by atoms with Crippen molar-refractivity contribution in [1.82, 2.24) is 9.88 Å². The van der Waals surface area contributed by atoms with E-state index in [0.29, 0.717) is 0 Å². The maximum absolute atomic E-state index is 12.1. The van der Waals surface area contributed by atoms with Gasteiger partial charge in [-0.25, -0.2) is 0 Å². The molecule has 0 radical (unpaired) electrons. The third-order valence-corrected chi connectivity index (χ3v) is 3.05. The summed E-state index contributed by atoms with van der Waals surface area (Å²) in [5.74, 6) is 0.0963. The molecule has 4 nitrogen and oxygen atoms in total. The number of likely N-dealkylation sites (N-methyl/N-ethyl adjacent to an activating group) is 1. The molecule has 1 aromatic rings. The van der Waals surface area contributed by atoms with E-state index in [4.69, 9.17) is 5.73 Å². The molecule has 0 spiro atoms. The molecule has 1 heterocycles. The Kier molecular flexibility index (Phi) is 4.63. The van der Waals surface area contributed by atoms with Gasteiger partial charge in [-0.15, -0.1) is 0 Å². The fourth-order valence-electron chi connectivity index (χ4n) is 1.53. The van der Waals surface area contributed by atoms with Crippen molar-refractivity contribution in [3.63, 3.8) is 0 Å². The molecular formula is C13H21N3O. The quantitative estimate of drug-likeness (QED) is 0.862. The van der Waals surface area contributed by atoms with Crippen molar-refractivity contribution < 1.29 is 4.79 Å². The van der Waals surface area contributed by atoms with Gasteiger partial charge in [0.25, 0.3) is 0 Å². The average molecular weight is 235 g/mol. The second-order valence-electron chi connectivity index (χ2n) is 4.65. The number of carbonyl (C=O) groups is 1. The van der Waals surface area contributed by atoms with E-state index in [9.17, 15) is 4.79 Å². The van der Waals surface area contributed by atoms with Gasteiger partial charge < -0.3 is 10.6 Å². The Balaban J connectivity index is 2.77. The Morgan fingerprint density at radius 1 is 1.35 bits per heavy atom. The van der Waals surface area contributed by atoms with Crippen molar-refractivity contribution >= 4 is 5.91 Å². The van der Waals surface area contributed by atoms with Crippen LogP contribution in [0.2, 0.25) is 0 Å². The van der Waals surface area contributed by atoms with Crippen LogP contribution in [0.3, 0.4) is 0 Å². The van der Waals surface area contributed by atoms with Crippen LogP contribution in [0.1, 0.15) is 32.5 Å². The molecule has 4 heteroatoms. The van der Waals surface area contributed by atoms with Crippen LogP contribution in [-0.4, -0.2) is 28.9 Å². The van der Waals surface area contributed by atoms with Crippen molar-refractivity contribution in [3.8, 4) is 0 Å². The predicted octanol–water partition coefficient (Wildman–Crippen LogP) is 1.58. The normalized spacial score (nSPS) is 14.5. The minimum Gasteiger partial charge on any atom is -0.336 e. The number of hydrogen-bond donors (Lipinski definition) is 1. The Morgan fingerprint density at radius 3 is 2.47 bits per heavy atom. The number of amides is 1. The lowest BCUT2D eigenvalue weighted by atomic mass is 10.0. The topological polar surface area (TPSA) is 59.2 Å². The first-order valence-corrected chi connectivity index (χ1v) is 5.88. The number of rotatable bonds is 4. The summed E-state index contributed by atoms with van der Waals surface area (Å²) in [7, 11) is 1.77. The Labute approximate surface area is 103 Å². The maximum Gasteiger partial charge on any atom is 0.240 e. The van der Waals surface area contributed by atoms with Crippen LogP contribution in [0.4, 0.5) is 0 Å². The summed E-state index contributed by atoms with van der Waals surface area (Å²) < 4.78 is 0. The summed E-state index contributed by atoms with van der Waals surface area (Å²) in [4.78, 5) is 18.0. The minimum absolute atomic E-state index is 0.0434. The SMILES string of the molecule is CC(C)C(N)C(=O)N(C)[C@@H](C)c1ccccn1. The van der Waals surface area contributed by atoms with Gasteiger partial charge in [-0.1, -0.05) is 19.9 Å². The number of nitrogens with zero attached hydrogens (tertiary/aromatic N) is 2. The highest BCUT2D eigenvalue weighted by atomic mass is 16.2. The molecular weight excluding hydrogens is 214 g/mol. The standard InChI is InChI=1S/C13H21N3O/c1-9(2)12(14)13(17)16(4)10(3)11-7-5-6-8-15-11/h5-10,12H,14H2,1-4H3/t10-,12?/m0/s1. The third-order valence-electron chi connectivity index (χ3n) is 3.05. The molecule has 2 atom stereocenters. The lowest BCUT2D eigenvalue weighted by molar-refractivity contribution is -0.134. The van der Waals surface area contributed by atoms with Crippen molar-refractivity contribution in [1.29, 1.82) is 0 Å². The van der Waals surface area contributed by atoms with Crippen molar-refractivity contribution in [2.45, 2.75) is 32.9 Å². The molecule has 1 aromatic heterocycles. The summed E-state index contributed by atoms with van der Waals surface area (Å²) in [5, 5.41) is 0. The highest BCUT2D eigenvalue weighted by Gasteiger charge is 2.25. The summed E-state index contributed by atoms with van der Waals surface area (Å²) >= 11 is 0. The van der Waals surface area contributed by atoms with Gasteiger partial charge in [0.05, 0.1) is 17.8 Å². The molecule has 0 saturated heterocycles. The summed E-state index contributed by atoms with van der Waals surface area (Å²) in [5.41, 5.74) is 6.74. The zero-order chi connectivity index (χ0) is 13.0. The second-order valence-corrected chi connectivity index (χ2v) is 4.65. The number of pyridine rings is 1. The smallest absolute Gasteiger partial charge is 0.240 e. The van der Waals surface area contributed by atoms with E-state index >= 15 is 0 Å². The summed E-state index contributed by atoms with van der Waals surface area (Å²) in [6, 6.07) is 5.17. The first kappa shape index (κ1) is 13.6. The van der Waals surface area contributed by atoms with E-state index in [1.807, 2.05) is 39.0 Å². The number of hydrogen-bond acceptors (Lipinski definition) is 3. The molecule has 0 aliphatic heterocycles. The van der Waals surface area contributed by atoms with E-state index in [2.05, 4.69) is 4.98 Å². The van der Waals surface area contributed by atoms with Gasteiger partial charge >= 0.3 is 0 Å². The molecule has 2 N–H and O–H groups in total. The molecule has 0 fully saturated rings. The van der Waals surface area contributed by atoms with E-state index in [-0.39, 0.29) is 17.9 Å². The average Bonchev–Trinajstić information content (AvgIpc) is 2.36. The van der Waals surface area contributed by atoms with Crippen molar-refractivity contribution in [2.24, 2.45) is 11.7 Å². The number of aromatic nitrogens is 1. The number of carbonyl (C=O) groups excluding carboxylic acids is 1. The lowest BCUT2D eigenvalue weighted by Crippen LogP contribution is -2.45. The van der Waals surface area contributed by atoms with Crippen LogP contribution in [0, 0.1) is 5.92 Å². The minimum atomic E-state index is -0.453. The molecule has 94 valence electrons. The summed E-state index contributed by atoms with van der Waals surface area (Å²) in [6.45, 7) is 5.84. The first-order valence-electron chi connectivity index (χ1n) is 5.88. The zero-order valence-corrected chi connectivity index (χ0v) is 10.9. The van der Waals surface area contributed by atoms with Crippen LogP contribution in [0.15, 0.2) is 24.4 Å². The summed E-state index contributed by atoms with van der Waals surface area (Å²) in [6.07, 6.45) is 1.73. The van der Waals surface area contributed by atoms with Gasteiger partial charge in [-0.05, 0) is 25.0 Å².